The number of aromatic hydroxyl groups is 1. The molecule has 0 bridgehead atoms. The number of rotatable bonds is 5. The summed E-state index contributed by atoms with van der Waals surface area (Å²) in [6.45, 7) is 0.776. The van der Waals surface area contributed by atoms with Crippen molar-refractivity contribution in [3.8, 4) is 5.88 Å². The van der Waals surface area contributed by atoms with Crippen LogP contribution < -0.4 is 0 Å². The molecular weight excluding hydrogens is 521 g/mol. The van der Waals surface area contributed by atoms with Crippen LogP contribution >= 0.6 is 23.2 Å². The van der Waals surface area contributed by atoms with Crippen LogP contribution in [0, 0.1) is 5.82 Å². The number of aromatic nitrogens is 1. The van der Waals surface area contributed by atoms with Gasteiger partial charge in [-0.05, 0) is 48.5 Å². The fraction of sp³-hybridized carbons (Fsp3) is 0.280. The number of likely N-dealkylation sites (tertiary alicyclic amines) is 1. The van der Waals surface area contributed by atoms with E-state index in [2.05, 4.69) is 4.98 Å². The predicted molar refractivity (Wildman–Crippen MR) is 128 cm³/mol. The highest BCUT2D eigenvalue weighted by atomic mass is 35.5. The van der Waals surface area contributed by atoms with Crippen LogP contribution in [0.5, 0.6) is 5.88 Å². The summed E-state index contributed by atoms with van der Waals surface area (Å²) in [6.07, 6.45) is -3.49. The molecule has 1 aliphatic rings. The van der Waals surface area contributed by atoms with Crippen LogP contribution in [0.2, 0.25) is 10.0 Å². The van der Waals surface area contributed by atoms with Crippen molar-refractivity contribution in [2.45, 2.75) is 24.7 Å². The first-order chi connectivity index (χ1) is 16.9. The van der Waals surface area contributed by atoms with Gasteiger partial charge in [0, 0.05) is 43.9 Å². The van der Waals surface area contributed by atoms with Gasteiger partial charge >= 0.3 is 6.18 Å². The number of benzene rings is 2. The number of carbonyl (C=O) groups excluding carboxylic acids is 1. The number of halogens is 6. The quantitative estimate of drug-likeness (QED) is 0.403. The zero-order chi connectivity index (χ0) is 26.2. The maximum absolute atomic E-state index is 14.1. The Kier molecular flexibility index (Phi) is 7.45. The van der Waals surface area contributed by atoms with E-state index < -0.39 is 17.6 Å². The molecule has 1 fully saturated rings. The molecule has 4 rings (SSSR count). The lowest BCUT2D eigenvalue weighted by atomic mass is 9.93. The van der Waals surface area contributed by atoms with Crippen LogP contribution in [-0.2, 0) is 12.7 Å². The van der Waals surface area contributed by atoms with Crippen LogP contribution in [0.3, 0.4) is 0 Å². The molecule has 5 nitrogen and oxygen atoms in total. The van der Waals surface area contributed by atoms with Gasteiger partial charge in [-0.2, -0.15) is 13.2 Å². The molecule has 11 heteroatoms. The van der Waals surface area contributed by atoms with E-state index in [1.54, 1.807) is 24.1 Å². The summed E-state index contributed by atoms with van der Waals surface area (Å²) in [5, 5.41) is 10.2. The summed E-state index contributed by atoms with van der Waals surface area (Å²) in [5.74, 6) is -2.04. The third kappa shape index (κ3) is 5.58. The topological polar surface area (TPSA) is 56.7 Å². The Bertz CT molecular complexity index is 1270. The lowest BCUT2D eigenvalue weighted by molar-refractivity contribution is -0.140. The fourth-order valence-electron chi connectivity index (χ4n) is 4.46. The van der Waals surface area contributed by atoms with Crippen molar-refractivity contribution in [2.24, 2.45) is 0 Å². The van der Waals surface area contributed by atoms with E-state index in [0.717, 1.165) is 17.7 Å². The molecule has 1 N–H and O–H groups in total. The second-order valence-corrected chi connectivity index (χ2v) is 9.50. The van der Waals surface area contributed by atoms with Gasteiger partial charge in [0.1, 0.15) is 5.82 Å². The molecule has 0 radical (unpaired) electrons. The third-order valence-electron chi connectivity index (χ3n) is 6.28. The Morgan fingerprint density at radius 3 is 2.47 bits per heavy atom. The molecule has 190 valence electrons. The molecular formula is C25H21Cl2F4N3O2. The van der Waals surface area contributed by atoms with Crippen LogP contribution in [0.1, 0.15) is 33.0 Å². The molecule has 0 unspecified atom stereocenters. The molecule has 2 heterocycles. The van der Waals surface area contributed by atoms with E-state index in [-0.39, 0.29) is 30.3 Å². The van der Waals surface area contributed by atoms with Crippen LogP contribution in [0.15, 0.2) is 54.7 Å². The highest BCUT2D eigenvalue weighted by Crippen LogP contribution is 2.36. The van der Waals surface area contributed by atoms with E-state index in [1.165, 1.54) is 24.4 Å². The van der Waals surface area contributed by atoms with Crippen molar-refractivity contribution >= 4 is 29.1 Å². The molecule has 0 spiro atoms. The number of pyridine rings is 1. The zero-order valence-corrected chi connectivity index (χ0v) is 20.4. The van der Waals surface area contributed by atoms with Crippen molar-refractivity contribution in [2.75, 3.05) is 20.1 Å². The summed E-state index contributed by atoms with van der Waals surface area (Å²) in [6, 6.07) is 10.6. The standard InChI is InChI=1S/C25H21Cl2F4N3O2/c1-33(11-14-2-5-18(21(28)8-14)25(29,30)31)22-13-34(24(36)16-4-7-23(35)32-10-16)12-17(22)15-3-6-19(26)20(27)9-15/h2-10,17,22H,11-13H2,1H3,(H,32,35)/t17-,22+/m1/s1. The Morgan fingerprint density at radius 1 is 1.11 bits per heavy atom. The number of hydrogen-bond donors (Lipinski definition) is 1. The normalized spacial score (nSPS) is 18.2. The van der Waals surface area contributed by atoms with Gasteiger partial charge in [-0.25, -0.2) is 9.37 Å². The second-order valence-electron chi connectivity index (χ2n) is 8.69. The van der Waals surface area contributed by atoms with Crippen molar-refractivity contribution in [1.29, 1.82) is 0 Å². The molecule has 1 aliphatic heterocycles. The minimum atomic E-state index is -4.77. The van der Waals surface area contributed by atoms with E-state index in [1.807, 2.05) is 11.0 Å². The highest BCUT2D eigenvalue weighted by Gasteiger charge is 2.39. The first-order valence-electron chi connectivity index (χ1n) is 10.9. The molecule has 2 atom stereocenters. The maximum Gasteiger partial charge on any atom is 0.419 e. The Morgan fingerprint density at radius 2 is 1.86 bits per heavy atom. The van der Waals surface area contributed by atoms with Gasteiger partial charge in [-0.1, -0.05) is 35.3 Å². The molecule has 3 aromatic rings. The summed E-state index contributed by atoms with van der Waals surface area (Å²) in [7, 11) is 1.76. The molecule has 1 amide bonds. The van der Waals surface area contributed by atoms with Gasteiger partial charge in [-0.3, -0.25) is 9.69 Å². The maximum atomic E-state index is 14.1. The van der Waals surface area contributed by atoms with Gasteiger partial charge in [0.05, 0.1) is 21.2 Å². The zero-order valence-electron chi connectivity index (χ0n) is 18.9. The monoisotopic (exact) mass is 541 g/mol. The number of alkyl halides is 3. The largest absolute Gasteiger partial charge is 0.493 e. The Hall–Kier alpha value is -2.88. The summed E-state index contributed by atoms with van der Waals surface area (Å²) < 4.78 is 53.0. The molecule has 0 aliphatic carbocycles. The minimum Gasteiger partial charge on any atom is -0.493 e. The summed E-state index contributed by atoms with van der Waals surface area (Å²) in [5.41, 5.74) is 0.180. The van der Waals surface area contributed by atoms with E-state index in [0.29, 0.717) is 34.3 Å². The average molecular weight is 542 g/mol. The molecule has 0 saturated carbocycles. The van der Waals surface area contributed by atoms with Crippen molar-refractivity contribution in [1.82, 2.24) is 14.8 Å². The highest BCUT2D eigenvalue weighted by molar-refractivity contribution is 6.42. The van der Waals surface area contributed by atoms with Crippen molar-refractivity contribution < 1.29 is 27.5 Å². The molecule has 1 aromatic heterocycles. The molecule has 1 saturated heterocycles. The number of likely N-dealkylation sites (N-methyl/N-ethyl adjacent to an activating group) is 1. The van der Waals surface area contributed by atoms with Crippen LogP contribution in [0.4, 0.5) is 17.6 Å². The van der Waals surface area contributed by atoms with E-state index in [4.69, 9.17) is 23.2 Å². The lowest BCUT2D eigenvalue weighted by Crippen LogP contribution is -2.38. The predicted octanol–water partition coefficient (Wildman–Crippen LogP) is 5.99. The van der Waals surface area contributed by atoms with E-state index >= 15 is 0 Å². The van der Waals surface area contributed by atoms with Gasteiger partial charge in [0.25, 0.3) is 5.91 Å². The van der Waals surface area contributed by atoms with Gasteiger partial charge in [-0.15, -0.1) is 0 Å². The summed E-state index contributed by atoms with van der Waals surface area (Å²) in [4.78, 5) is 20.4. The number of hydrogen-bond acceptors (Lipinski definition) is 4. The minimum absolute atomic E-state index is 0.153. The Labute approximate surface area is 214 Å². The van der Waals surface area contributed by atoms with Gasteiger partial charge < -0.3 is 10.0 Å². The van der Waals surface area contributed by atoms with Crippen molar-refractivity contribution in [3.63, 3.8) is 0 Å². The van der Waals surface area contributed by atoms with E-state index in [9.17, 15) is 27.5 Å². The number of carbonyl (C=O) groups is 1. The molecule has 2 aromatic carbocycles. The first-order valence-corrected chi connectivity index (χ1v) is 11.6. The van der Waals surface area contributed by atoms with Crippen molar-refractivity contribution in [3.05, 3.63) is 92.8 Å². The first kappa shape index (κ1) is 26.2. The fourth-order valence-corrected chi connectivity index (χ4v) is 4.76. The third-order valence-corrected chi connectivity index (χ3v) is 7.02. The number of nitrogens with zero attached hydrogens (tertiary/aromatic N) is 3. The number of amides is 1. The lowest BCUT2D eigenvalue weighted by Gasteiger charge is -2.29. The average Bonchev–Trinajstić information content (AvgIpc) is 3.26. The smallest absolute Gasteiger partial charge is 0.419 e. The van der Waals surface area contributed by atoms with Gasteiger partial charge in [0.2, 0.25) is 5.88 Å². The summed E-state index contributed by atoms with van der Waals surface area (Å²) >= 11 is 12.3. The second kappa shape index (κ2) is 10.2. The Balaban J connectivity index is 1.61. The van der Waals surface area contributed by atoms with Crippen LogP contribution in [-0.4, -0.2) is 52.0 Å². The van der Waals surface area contributed by atoms with Gasteiger partial charge in [0.15, 0.2) is 0 Å². The van der Waals surface area contributed by atoms with Crippen LogP contribution in [0.25, 0.3) is 0 Å². The molecule has 36 heavy (non-hydrogen) atoms. The SMILES string of the molecule is CN(Cc1ccc(C(F)(F)F)c(F)c1)[C@H]1CN(C(=O)c2ccc(O)nc2)C[C@@H]1c1ccc(Cl)c(Cl)c1.